The highest BCUT2D eigenvalue weighted by Crippen LogP contribution is 2.17. The molecule has 0 spiro atoms. The molecular formula is C15H24N4O2S. The van der Waals surface area contributed by atoms with Crippen molar-refractivity contribution in [3.05, 3.63) is 12.4 Å². The van der Waals surface area contributed by atoms with Crippen molar-refractivity contribution in [2.45, 2.75) is 57.5 Å². The summed E-state index contributed by atoms with van der Waals surface area (Å²) in [6.45, 7) is 4.88. The quantitative estimate of drug-likeness (QED) is 0.628. The summed E-state index contributed by atoms with van der Waals surface area (Å²) >= 11 is 0. The smallest absolute Gasteiger partial charge is 0.277 e. The van der Waals surface area contributed by atoms with Gasteiger partial charge in [0.25, 0.3) is 5.88 Å². The van der Waals surface area contributed by atoms with Crippen molar-refractivity contribution in [1.82, 2.24) is 19.6 Å². The van der Waals surface area contributed by atoms with Crippen LogP contribution in [-0.2, 0) is 10.8 Å². The van der Waals surface area contributed by atoms with E-state index in [0.29, 0.717) is 29.0 Å². The molecule has 1 unspecified atom stereocenters. The zero-order valence-electron chi connectivity index (χ0n) is 13.3. The van der Waals surface area contributed by atoms with E-state index >= 15 is 0 Å². The van der Waals surface area contributed by atoms with Gasteiger partial charge in [0.2, 0.25) is 10.8 Å². The molecule has 0 bridgehead atoms. The average molecular weight is 324 g/mol. The molecule has 0 radical (unpaired) electrons. The van der Waals surface area contributed by atoms with Gasteiger partial charge in [-0.15, -0.1) is 10.2 Å². The molecule has 7 heteroatoms. The lowest BCUT2D eigenvalue weighted by Gasteiger charge is -2.08. The van der Waals surface area contributed by atoms with E-state index < -0.39 is 10.8 Å². The van der Waals surface area contributed by atoms with Crippen molar-refractivity contribution in [3.8, 4) is 5.88 Å². The molecule has 0 fully saturated rings. The molecule has 0 amide bonds. The highest BCUT2D eigenvalue weighted by molar-refractivity contribution is 7.84. The van der Waals surface area contributed by atoms with E-state index in [1.165, 1.54) is 0 Å². The Hall–Kier alpha value is -1.50. The summed E-state index contributed by atoms with van der Waals surface area (Å²) in [6, 6.07) is 0. The Morgan fingerprint density at radius 2 is 1.91 bits per heavy atom. The fourth-order valence-electron chi connectivity index (χ4n) is 2.14. The van der Waals surface area contributed by atoms with Gasteiger partial charge in [-0.05, 0) is 12.8 Å². The Morgan fingerprint density at radius 3 is 2.68 bits per heavy atom. The molecule has 6 nitrogen and oxygen atoms in total. The van der Waals surface area contributed by atoms with Crippen molar-refractivity contribution in [1.29, 1.82) is 0 Å². The zero-order valence-corrected chi connectivity index (χ0v) is 14.1. The lowest BCUT2D eigenvalue weighted by molar-refractivity contribution is 0.291. The van der Waals surface area contributed by atoms with Gasteiger partial charge in [0.15, 0.2) is 0 Å². The monoisotopic (exact) mass is 324 g/mol. The molecule has 0 N–H and O–H groups in total. The number of hydrogen-bond acceptors (Lipinski definition) is 5. The Balaban J connectivity index is 2.10. The summed E-state index contributed by atoms with van der Waals surface area (Å²) < 4.78 is 19.7. The van der Waals surface area contributed by atoms with Crippen LogP contribution < -0.4 is 4.74 Å². The molecule has 0 saturated heterocycles. The fourth-order valence-corrected chi connectivity index (χ4v) is 3.29. The van der Waals surface area contributed by atoms with E-state index in [9.17, 15) is 4.21 Å². The highest BCUT2D eigenvalue weighted by atomic mass is 32.2. The summed E-state index contributed by atoms with van der Waals surface area (Å²) in [6.07, 6.45) is 9.77. The van der Waals surface area contributed by atoms with Gasteiger partial charge in [-0.1, -0.05) is 39.5 Å². The van der Waals surface area contributed by atoms with Crippen LogP contribution in [0, 0.1) is 0 Å². The molecule has 0 aliphatic heterocycles. The number of imidazole rings is 1. The second-order valence-corrected chi connectivity index (χ2v) is 6.69. The summed E-state index contributed by atoms with van der Waals surface area (Å²) in [5.41, 5.74) is 0.588. The number of rotatable bonds is 10. The second-order valence-electron chi connectivity index (χ2n) is 5.22. The predicted molar refractivity (Wildman–Crippen MR) is 86.6 cm³/mol. The summed E-state index contributed by atoms with van der Waals surface area (Å²) in [4.78, 5) is 4.26. The highest BCUT2D eigenvalue weighted by Gasteiger charge is 2.15. The molecule has 1 atom stereocenters. The van der Waals surface area contributed by atoms with E-state index in [4.69, 9.17) is 4.74 Å². The largest absolute Gasteiger partial charge is 0.474 e. The van der Waals surface area contributed by atoms with Gasteiger partial charge in [-0.25, -0.2) is 4.98 Å². The van der Waals surface area contributed by atoms with E-state index in [1.54, 1.807) is 16.8 Å². The van der Waals surface area contributed by atoms with Crippen LogP contribution in [0.4, 0.5) is 0 Å². The number of aromatic nitrogens is 4. The standard InChI is InChI=1S/C15H24N4O2S/c1-3-5-7-11-21-14-13-16-9-10-19(13)15(18-17-14)22(20)12-8-6-4-2/h9-10H,3-8,11-12H2,1-2H3. The predicted octanol–water partition coefficient (Wildman–Crippen LogP) is 2.99. The molecule has 22 heavy (non-hydrogen) atoms. The van der Waals surface area contributed by atoms with Crippen molar-refractivity contribution in [3.63, 3.8) is 0 Å². The van der Waals surface area contributed by atoms with Crippen LogP contribution in [0.3, 0.4) is 0 Å². The van der Waals surface area contributed by atoms with Crippen molar-refractivity contribution < 1.29 is 8.95 Å². The zero-order chi connectivity index (χ0) is 15.8. The first-order chi connectivity index (χ1) is 10.8. The SMILES string of the molecule is CCCCCOc1nnc(S(=O)CCCCC)n2ccnc12. The molecule has 122 valence electrons. The minimum Gasteiger partial charge on any atom is -0.474 e. The molecule has 2 aromatic rings. The fraction of sp³-hybridized carbons (Fsp3) is 0.667. The first kappa shape index (κ1) is 16.9. The van der Waals surface area contributed by atoms with Gasteiger partial charge in [0.1, 0.15) is 0 Å². The topological polar surface area (TPSA) is 69.4 Å². The maximum atomic E-state index is 12.4. The van der Waals surface area contributed by atoms with Crippen LogP contribution in [-0.4, -0.2) is 36.2 Å². The van der Waals surface area contributed by atoms with Gasteiger partial charge in [-0.3, -0.25) is 8.61 Å². The Bertz CT molecular complexity index is 615. The van der Waals surface area contributed by atoms with E-state index in [1.807, 2.05) is 0 Å². The van der Waals surface area contributed by atoms with Crippen molar-refractivity contribution >= 4 is 16.4 Å². The molecule has 0 aromatic carbocycles. The first-order valence-corrected chi connectivity index (χ1v) is 9.30. The Morgan fingerprint density at radius 1 is 1.14 bits per heavy atom. The molecule has 0 saturated carbocycles. The van der Waals surface area contributed by atoms with Crippen LogP contribution in [0.5, 0.6) is 5.88 Å². The normalized spacial score (nSPS) is 12.6. The molecule has 2 rings (SSSR count). The Labute approximate surface area is 133 Å². The van der Waals surface area contributed by atoms with E-state index in [-0.39, 0.29) is 0 Å². The van der Waals surface area contributed by atoms with Gasteiger partial charge < -0.3 is 4.74 Å². The number of hydrogen-bond donors (Lipinski definition) is 0. The lowest BCUT2D eigenvalue weighted by Crippen LogP contribution is -2.11. The molecule has 2 heterocycles. The molecule has 0 aliphatic rings. The van der Waals surface area contributed by atoms with E-state index in [2.05, 4.69) is 29.0 Å². The van der Waals surface area contributed by atoms with Crippen molar-refractivity contribution in [2.75, 3.05) is 12.4 Å². The molecule has 0 aliphatic carbocycles. The Kier molecular flexibility index (Phi) is 6.76. The van der Waals surface area contributed by atoms with Gasteiger partial charge in [0, 0.05) is 18.1 Å². The van der Waals surface area contributed by atoms with Crippen LogP contribution in [0.2, 0.25) is 0 Å². The number of nitrogens with zero attached hydrogens (tertiary/aromatic N) is 4. The van der Waals surface area contributed by atoms with E-state index in [0.717, 1.165) is 38.5 Å². The van der Waals surface area contributed by atoms with Crippen LogP contribution in [0.15, 0.2) is 17.6 Å². The summed E-state index contributed by atoms with van der Waals surface area (Å²) in [7, 11) is -1.16. The number of ether oxygens (including phenoxy) is 1. The van der Waals surface area contributed by atoms with Gasteiger partial charge in [0.05, 0.1) is 17.4 Å². The second kappa shape index (κ2) is 8.82. The lowest BCUT2D eigenvalue weighted by atomic mass is 10.3. The maximum absolute atomic E-state index is 12.4. The van der Waals surface area contributed by atoms with Crippen molar-refractivity contribution in [2.24, 2.45) is 0 Å². The third kappa shape index (κ3) is 4.25. The molecule has 2 aromatic heterocycles. The van der Waals surface area contributed by atoms with Crippen LogP contribution >= 0.6 is 0 Å². The third-order valence-corrected chi connectivity index (χ3v) is 4.73. The van der Waals surface area contributed by atoms with Gasteiger partial charge >= 0.3 is 0 Å². The van der Waals surface area contributed by atoms with Gasteiger partial charge in [-0.2, -0.15) is 0 Å². The van der Waals surface area contributed by atoms with Crippen LogP contribution in [0.25, 0.3) is 5.65 Å². The average Bonchev–Trinajstić information content (AvgIpc) is 3.01. The minimum atomic E-state index is -1.16. The summed E-state index contributed by atoms with van der Waals surface area (Å²) in [5, 5.41) is 8.63. The maximum Gasteiger partial charge on any atom is 0.277 e. The van der Waals surface area contributed by atoms with Crippen LogP contribution in [0.1, 0.15) is 52.4 Å². The summed E-state index contributed by atoms with van der Waals surface area (Å²) in [5.74, 6) is 1.02. The third-order valence-electron chi connectivity index (χ3n) is 3.39. The molecular weight excluding hydrogens is 300 g/mol. The number of fused-ring (bicyclic) bond motifs is 1. The first-order valence-electron chi connectivity index (χ1n) is 7.98. The minimum absolute atomic E-state index is 0.412. The number of unbranched alkanes of at least 4 members (excludes halogenated alkanes) is 4.